The first-order valence-electron chi connectivity index (χ1n) is 10.4. The number of fused-ring (bicyclic) bond motifs is 5. The maximum absolute atomic E-state index is 13.5. The number of thiazole rings is 1. The van der Waals surface area contributed by atoms with Crippen LogP contribution in [0.5, 0.6) is 5.75 Å². The molecule has 0 fully saturated rings. The second kappa shape index (κ2) is 7.06. The molecule has 1 unspecified atom stereocenters. The molecule has 166 valence electrons. The molecule has 9 heteroatoms. The Bertz CT molecular complexity index is 1640. The Balaban J connectivity index is 1.72. The maximum Gasteiger partial charge on any atom is 0.310 e. The molecular weight excluding hydrogens is 454 g/mol. The number of allylic oxidation sites excluding steroid dienone is 1. The monoisotopic (exact) mass is 469 g/mol. The number of carbonyl (C=O) groups is 2. The number of nitro benzene ring substituents is 1. The van der Waals surface area contributed by atoms with E-state index in [4.69, 9.17) is 0 Å². The second-order valence-electron chi connectivity index (χ2n) is 8.16. The van der Waals surface area contributed by atoms with E-state index in [1.807, 2.05) is 19.1 Å². The highest BCUT2D eigenvalue weighted by Gasteiger charge is 2.42. The van der Waals surface area contributed by atoms with Crippen molar-refractivity contribution in [3.8, 4) is 5.75 Å². The maximum atomic E-state index is 13.5. The van der Waals surface area contributed by atoms with Crippen molar-refractivity contribution >= 4 is 50.2 Å². The fourth-order valence-corrected chi connectivity index (χ4v) is 5.66. The molecule has 0 radical (unpaired) electrons. The summed E-state index contributed by atoms with van der Waals surface area (Å²) in [5.74, 6) is -2.56. The van der Waals surface area contributed by atoms with Gasteiger partial charge in [-0.1, -0.05) is 30.3 Å². The van der Waals surface area contributed by atoms with Crippen LogP contribution < -0.4 is 5.32 Å². The fraction of sp³-hybridized carbons (Fsp3) is 0.0800. The minimum absolute atomic E-state index is 0.217. The number of nitrogens with one attached hydrogen (secondary N) is 1. The van der Waals surface area contributed by atoms with Crippen LogP contribution in [0.4, 0.5) is 11.4 Å². The summed E-state index contributed by atoms with van der Waals surface area (Å²) in [4.78, 5) is 42.2. The normalized spacial score (nSPS) is 16.7. The number of hydrogen-bond donors (Lipinski definition) is 2. The number of anilines is 1. The first-order chi connectivity index (χ1) is 16.3. The number of carbonyl (C=O) groups excluding carboxylic acids is 2. The van der Waals surface area contributed by atoms with Crippen molar-refractivity contribution in [2.75, 3.05) is 5.32 Å². The summed E-state index contributed by atoms with van der Waals surface area (Å²) in [5, 5.41) is 25.8. The number of aromatic hydroxyl groups is 1. The molecule has 0 saturated heterocycles. The summed E-state index contributed by atoms with van der Waals surface area (Å²) in [5.41, 5.74) is 3.60. The first kappa shape index (κ1) is 20.3. The minimum atomic E-state index is -0.791. The van der Waals surface area contributed by atoms with Gasteiger partial charge in [-0.05, 0) is 30.7 Å². The van der Waals surface area contributed by atoms with Crippen LogP contribution in [0.2, 0.25) is 0 Å². The Morgan fingerprint density at radius 1 is 1.06 bits per heavy atom. The van der Waals surface area contributed by atoms with Crippen molar-refractivity contribution < 1.29 is 19.6 Å². The molecule has 1 aromatic heterocycles. The molecule has 8 nitrogen and oxygen atoms in total. The van der Waals surface area contributed by atoms with Crippen molar-refractivity contribution in [3.63, 3.8) is 0 Å². The van der Waals surface area contributed by atoms with Gasteiger partial charge in [-0.2, -0.15) is 0 Å². The SMILES string of the molecule is Cc1nc2c3c(ccc2s1)NC1=C(C(=O)C(=O)c2ccccc21)C3c1ccc(O)c([N+](=O)[O-])c1. The molecule has 2 N–H and O–H groups in total. The summed E-state index contributed by atoms with van der Waals surface area (Å²) in [6.07, 6.45) is 0. The molecule has 1 aliphatic heterocycles. The van der Waals surface area contributed by atoms with Crippen molar-refractivity contribution in [3.05, 3.63) is 97.5 Å². The van der Waals surface area contributed by atoms with Crippen molar-refractivity contribution in [2.24, 2.45) is 0 Å². The van der Waals surface area contributed by atoms with E-state index in [9.17, 15) is 24.8 Å². The number of phenols is 1. The number of rotatable bonds is 2. The van der Waals surface area contributed by atoms with Crippen LogP contribution >= 0.6 is 11.3 Å². The van der Waals surface area contributed by atoms with Crippen LogP contribution in [-0.2, 0) is 4.79 Å². The molecule has 0 bridgehead atoms. The average molecular weight is 469 g/mol. The molecule has 2 aliphatic rings. The third-order valence-electron chi connectivity index (χ3n) is 6.23. The fourth-order valence-electron chi connectivity index (χ4n) is 4.82. The number of aryl methyl sites for hydroxylation is 1. The number of ketones is 2. The average Bonchev–Trinajstić information content (AvgIpc) is 3.22. The third-order valence-corrected chi connectivity index (χ3v) is 7.17. The van der Waals surface area contributed by atoms with Gasteiger partial charge in [0.05, 0.1) is 25.8 Å². The lowest BCUT2D eigenvalue weighted by Gasteiger charge is -2.34. The van der Waals surface area contributed by atoms with Gasteiger partial charge in [-0.25, -0.2) is 4.98 Å². The standard InChI is InChI=1S/C25H15N3O5S/c1-11-26-23-18(34-11)9-7-15-20(23)19(12-6-8-17(29)16(10-12)28(32)33)21-22(27-15)13-4-2-3-5-14(13)24(30)25(21)31/h2-10,19,27,29H,1H3. The van der Waals surface area contributed by atoms with E-state index >= 15 is 0 Å². The van der Waals surface area contributed by atoms with Gasteiger partial charge in [-0.15, -0.1) is 11.3 Å². The summed E-state index contributed by atoms with van der Waals surface area (Å²) in [6.45, 7) is 1.88. The molecule has 0 spiro atoms. The van der Waals surface area contributed by atoms with Crippen molar-refractivity contribution in [1.29, 1.82) is 0 Å². The summed E-state index contributed by atoms with van der Waals surface area (Å²) in [7, 11) is 0. The lowest BCUT2D eigenvalue weighted by atomic mass is 9.73. The summed E-state index contributed by atoms with van der Waals surface area (Å²) in [6, 6.07) is 14.8. The van der Waals surface area contributed by atoms with Crippen LogP contribution in [0.15, 0.2) is 60.2 Å². The van der Waals surface area contributed by atoms with Crippen LogP contribution in [0.1, 0.15) is 38.0 Å². The lowest BCUT2D eigenvalue weighted by Crippen LogP contribution is -2.32. The van der Waals surface area contributed by atoms with Gasteiger partial charge in [0.15, 0.2) is 5.75 Å². The van der Waals surface area contributed by atoms with Crippen molar-refractivity contribution in [1.82, 2.24) is 4.98 Å². The van der Waals surface area contributed by atoms with E-state index in [-0.39, 0.29) is 5.57 Å². The molecule has 4 aromatic rings. The van der Waals surface area contributed by atoms with Gasteiger partial charge in [-0.3, -0.25) is 19.7 Å². The number of benzene rings is 3. The molecule has 3 aromatic carbocycles. The van der Waals surface area contributed by atoms with E-state index in [1.54, 1.807) is 30.3 Å². The number of Topliss-reactive ketones (excluding diaryl/α,β-unsaturated/α-hetero) is 2. The Kier molecular flexibility index (Phi) is 4.21. The zero-order valence-corrected chi connectivity index (χ0v) is 18.5. The van der Waals surface area contributed by atoms with E-state index in [1.165, 1.54) is 23.5 Å². The topological polar surface area (TPSA) is 122 Å². The second-order valence-corrected chi connectivity index (χ2v) is 9.40. The predicted molar refractivity (Wildman–Crippen MR) is 127 cm³/mol. The smallest absolute Gasteiger partial charge is 0.310 e. The molecule has 1 atom stereocenters. The largest absolute Gasteiger partial charge is 0.502 e. The Morgan fingerprint density at radius 3 is 2.59 bits per heavy atom. The number of aromatic nitrogens is 1. The Hall–Kier alpha value is -4.37. The van der Waals surface area contributed by atoms with Gasteiger partial charge >= 0.3 is 5.69 Å². The minimum Gasteiger partial charge on any atom is -0.502 e. The van der Waals surface area contributed by atoms with Crippen LogP contribution in [0.25, 0.3) is 15.9 Å². The van der Waals surface area contributed by atoms with Crippen molar-refractivity contribution in [2.45, 2.75) is 12.8 Å². The van der Waals surface area contributed by atoms with Crippen LogP contribution in [0.3, 0.4) is 0 Å². The van der Waals surface area contributed by atoms with Gasteiger partial charge < -0.3 is 10.4 Å². The zero-order chi connectivity index (χ0) is 23.7. The lowest BCUT2D eigenvalue weighted by molar-refractivity contribution is -0.385. The van der Waals surface area contributed by atoms with Gasteiger partial charge in [0.2, 0.25) is 11.6 Å². The first-order valence-corrected chi connectivity index (χ1v) is 11.2. The number of nitro groups is 1. The summed E-state index contributed by atoms with van der Waals surface area (Å²) < 4.78 is 0.898. The quantitative estimate of drug-likeness (QED) is 0.242. The summed E-state index contributed by atoms with van der Waals surface area (Å²) >= 11 is 1.50. The molecule has 6 rings (SSSR count). The third kappa shape index (κ3) is 2.74. The number of nitrogens with zero attached hydrogens (tertiary/aromatic N) is 2. The molecule has 0 amide bonds. The molecule has 0 saturated carbocycles. The Labute approximate surface area is 196 Å². The highest BCUT2D eigenvalue weighted by Crippen LogP contribution is 2.50. The molecular formula is C25H15N3O5S. The van der Waals surface area contributed by atoms with Gasteiger partial charge in [0.1, 0.15) is 0 Å². The van der Waals surface area contributed by atoms with E-state index < -0.39 is 33.8 Å². The van der Waals surface area contributed by atoms with Gasteiger partial charge in [0, 0.05) is 39.9 Å². The van der Waals surface area contributed by atoms with Crippen LogP contribution in [0, 0.1) is 17.0 Å². The van der Waals surface area contributed by atoms with E-state index in [2.05, 4.69) is 10.3 Å². The molecule has 1 aliphatic carbocycles. The van der Waals surface area contributed by atoms with Crippen LogP contribution in [-0.4, -0.2) is 26.6 Å². The number of hydrogen-bond acceptors (Lipinski definition) is 8. The van der Waals surface area contributed by atoms with E-state index in [0.717, 1.165) is 9.71 Å². The van der Waals surface area contributed by atoms with E-state index in [0.29, 0.717) is 39.2 Å². The highest BCUT2D eigenvalue weighted by molar-refractivity contribution is 7.18. The zero-order valence-electron chi connectivity index (χ0n) is 17.7. The molecule has 34 heavy (non-hydrogen) atoms. The molecule has 2 heterocycles. The van der Waals surface area contributed by atoms with Gasteiger partial charge in [0.25, 0.3) is 0 Å². The number of phenolic OH excluding ortho intramolecular Hbond substituents is 1. The Morgan fingerprint density at radius 2 is 1.82 bits per heavy atom. The predicted octanol–water partition coefficient (Wildman–Crippen LogP) is 4.95. The highest BCUT2D eigenvalue weighted by atomic mass is 32.1.